The fourth-order valence-electron chi connectivity index (χ4n) is 3.63. The largest absolute Gasteiger partial charge is 0.618 e. The van der Waals surface area contributed by atoms with Gasteiger partial charge in [0.2, 0.25) is 5.69 Å². The minimum absolute atomic E-state index is 0.234. The Labute approximate surface area is 211 Å². The number of nitrogens with zero attached hydrogens (tertiary/aromatic N) is 3. The average Bonchev–Trinajstić information content (AvgIpc) is 3.16. The zero-order valence-corrected chi connectivity index (χ0v) is 24.4. The van der Waals surface area contributed by atoms with Gasteiger partial charge >= 0.3 is 0 Å². The summed E-state index contributed by atoms with van der Waals surface area (Å²) < 4.78 is 20.1. The number of benzene rings is 1. The van der Waals surface area contributed by atoms with Crippen LogP contribution in [0.2, 0.25) is 51.4 Å². The van der Waals surface area contributed by atoms with Gasteiger partial charge in [-0.15, -0.1) is 0 Å². The van der Waals surface area contributed by atoms with Crippen molar-refractivity contribution in [2.24, 2.45) is 0 Å². The third-order valence-electron chi connectivity index (χ3n) is 5.93. The Morgan fingerprint density at radius 2 is 1.66 bits per heavy atom. The van der Waals surface area contributed by atoms with Crippen LogP contribution in [0.5, 0.6) is 5.75 Å². The van der Waals surface area contributed by atoms with Gasteiger partial charge in [-0.05, 0) is 42.3 Å². The minimum atomic E-state index is -1.15. The van der Waals surface area contributed by atoms with Crippen molar-refractivity contribution in [2.75, 3.05) is 20.0 Å². The second kappa shape index (κ2) is 11.7. The molecule has 0 aliphatic carbocycles. The number of rotatable bonds is 13. The van der Waals surface area contributed by atoms with Crippen LogP contribution < -0.4 is 9.47 Å². The lowest BCUT2D eigenvalue weighted by molar-refractivity contribution is -0.592. The fraction of sp³-hybridized carbons (Fsp3) is 0.538. The predicted octanol–water partition coefficient (Wildman–Crippen LogP) is 5.90. The lowest BCUT2D eigenvalue weighted by atomic mass is 10.0. The summed E-state index contributed by atoms with van der Waals surface area (Å²) in [6.45, 7) is 18.1. The Bertz CT molecular complexity index is 1120. The van der Waals surface area contributed by atoms with E-state index in [2.05, 4.69) is 51.3 Å². The number of pyridine rings is 1. The van der Waals surface area contributed by atoms with Crippen LogP contribution in [0, 0.1) is 5.21 Å². The van der Waals surface area contributed by atoms with Gasteiger partial charge in [0.25, 0.3) is 0 Å². The van der Waals surface area contributed by atoms with E-state index in [1.807, 2.05) is 28.9 Å². The molecule has 0 aliphatic heterocycles. The zero-order valence-electron chi connectivity index (χ0n) is 22.4. The van der Waals surface area contributed by atoms with E-state index in [0.29, 0.717) is 12.4 Å². The highest BCUT2D eigenvalue weighted by Gasteiger charge is 2.18. The van der Waals surface area contributed by atoms with E-state index in [0.717, 1.165) is 64.2 Å². The van der Waals surface area contributed by atoms with Gasteiger partial charge in [0, 0.05) is 35.4 Å². The van der Waals surface area contributed by atoms with Crippen molar-refractivity contribution < 1.29 is 18.9 Å². The van der Waals surface area contributed by atoms with Gasteiger partial charge in [-0.25, -0.2) is 4.68 Å². The molecule has 7 nitrogen and oxygen atoms in total. The van der Waals surface area contributed by atoms with Crippen LogP contribution in [0.1, 0.15) is 12.5 Å². The topological polar surface area (TPSA) is 72.5 Å². The van der Waals surface area contributed by atoms with Crippen molar-refractivity contribution in [1.29, 1.82) is 0 Å². The lowest BCUT2D eigenvalue weighted by Gasteiger charge is -2.16. The van der Waals surface area contributed by atoms with E-state index in [4.69, 9.17) is 14.2 Å². The second-order valence-electron chi connectivity index (χ2n) is 11.5. The number of aryl methyl sites for hydroxylation is 1. The molecule has 0 N–H and O–H groups in total. The van der Waals surface area contributed by atoms with Crippen LogP contribution in [-0.4, -0.2) is 45.9 Å². The monoisotopic (exact) mass is 515 g/mol. The number of hydrogen-bond donors (Lipinski definition) is 0. The average molecular weight is 516 g/mol. The Hall–Kier alpha value is -2.21. The first kappa shape index (κ1) is 27.4. The van der Waals surface area contributed by atoms with Crippen molar-refractivity contribution >= 4 is 27.1 Å². The highest BCUT2D eigenvalue weighted by molar-refractivity contribution is 6.76. The number of ether oxygens (including phenoxy) is 3. The summed E-state index contributed by atoms with van der Waals surface area (Å²) in [6, 6.07) is 9.98. The van der Waals surface area contributed by atoms with E-state index in [1.54, 1.807) is 12.4 Å². The SMILES string of the molecule is CCc1cc(OCOCC[Si](C)(C)C)ccc1-c1cc2c(cnn2COCC[Si](C)(C)C)c[n+]1[O-]. The maximum absolute atomic E-state index is 12.9. The molecule has 0 amide bonds. The third-order valence-corrected chi connectivity index (χ3v) is 9.33. The summed E-state index contributed by atoms with van der Waals surface area (Å²) >= 11 is 0. The van der Waals surface area contributed by atoms with E-state index < -0.39 is 16.1 Å². The molecular formula is C26H41N3O4Si2. The lowest BCUT2D eigenvalue weighted by Crippen LogP contribution is -2.29. The first-order valence-corrected chi connectivity index (χ1v) is 19.9. The number of hydrogen-bond acceptors (Lipinski definition) is 5. The van der Waals surface area contributed by atoms with Crippen LogP contribution in [0.15, 0.2) is 36.7 Å². The van der Waals surface area contributed by atoms with E-state index in [9.17, 15) is 5.21 Å². The Morgan fingerprint density at radius 3 is 2.31 bits per heavy atom. The van der Waals surface area contributed by atoms with Gasteiger partial charge in [-0.2, -0.15) is 9.83 Å². The van der Waals surface area contributed by atoms with Gasteiger partial charge in [0.15, 0.2) is 13.0 Å². The Morgan fingerprint density at radius 1 is 0.971 bits per heavy atom. The molecule has 3 aromatic rings. The zero-order chi connectivity index (χ0) is 25.6. The highest BCUT2D eigenvalue weighted by Crippen LogP contribution is 2.28. The van der Waals surface area contributed by atoms with E-state index in [-0.39, 0.29) is 6.79 Å². The Kier molecular flexibility index (Phi) is 9.14. The molecule has 1 aromatic carbocycles. The molecule has 0 spiro atoms. The molecule has 2 aromatic heterocycles. The fourth-order valence-corrected chi connectivity index (χ4v) is 5.15. The summed E-state index contributed by atoms with van der Waals surface area (Å²) in [5.74, 6) is 0.748. The predicted molar refractivity (Wildman–Crippen MR) is 147 cm³/mol. The molecular weight excluding hydrogens is 474 g/mol. The molecule has 3 rings (SSSR count). The molecule has 9 heteroatoms. The van der Waals surface area contributed by atoms with Crippen molar-refractivity contribution in [3.63, 3.8) is 0 Å². The first-order valence-electron chi connectivity index (χ1n) is 12.5. The van der Waals surface area contributed by atoms with Gasteiger partial charge in [0.05, 0.1) is 22.7 Å². The highest BCUT2D eigenvalue weighted by atomic mass is 28.3. The summed E-state index contributed by atoms with van der Waals surface area (Å²) in [5.41, 5.74) is 3.42. The van der Waals surface area contributed by atoms with Crippen molar-refractivity contribution in [2.45, 2.75) is 71.4 Å². The van der Waals surface area contributed by atoms with Crippen molar-refractivity contribution in [3.8, 4) is 17.0 Å². The minimum Gasteiger partial charge on any atom is -0.618 e. The molecule has 0 bridgehead atoms. The van der Waals surface area contributed by atoms with Gasteiger partial charge < -0.3 is 19.4 Å². The van der Waals surface area contributed by atoms with E-state index >= 15 is 0 Å². The molecule has 0 radical (unpaired) electrons. The second-order valence-corrected chi connectivity index (χ2v) is 22.7. The molecule has 0 saturated heterocycles. The van der Waals surface area contributed by atoms with Crippen LogP contribution >= 0.6 is 0 Å². The van der Waals surface area contributed by atoms with E-state index in [1.165, 1.54) is 0 Å². The molecule has 192 valence electrons. The summed E-state index contributed by atoms with van der Waals surface area (Å²) in [7, 11) is -2.26. The van der Waals surface area contributed by atoms with Gasteiger partial charge in [-0.1, -0.05) is 46.2 Å². The van der Waals surface area contributed by atoms with Gasteiger partial charge in [0.1, 0.15) is 12.5 Å². The van der Waals surface area contributed by atoms with Crippen LogP contribution in [-0.2, 0) is 22.6 Å². The quantitative estimate of drug-likeness (QED) is 0.0931. The molecule has 0 unspecified atom stereocenters. The summed E-state index contributed by atoms with van der Waals surface area (Å²) in [4.78, 5) is 0. The molecule has 0 aliphatic rings. The smallest absolute Gasteiger partial charge is 0.226 e. The maximum atomic E-state index is 12.9. The van der Waals surface area contributed by atoms with Crippen LogP contribution in [0.3, 0.4) is 0 Å². The molecule has 2 heterocycles. The molecule has 0 saturated carbocycles. The number of aromatic nitrogens is 3. The van der Waals surface area contributed by atoms with Crippen molar-refractivity contribution in [3.05, 3.63) is 47.4 Å². The molecule has 0 fully saturated rings. The van der Waals surface area contributed by atoms with Crippen LogP contribution in [0.4, 0.5) is 0 Å². The summed E-state index contributed by atoms with van der Waals surface area (Å²) in [5, 5.41) is 18.1. The maximum Gasteiger partial charge on any atom is 0.226 e. The van der Waals surface area contributed by atoms with Gasteiger partial charge in [-0.3, -0.25) is 0 Å². The molecule has 35 heavy (non-hydrogen) atoms. The van der Waals surface area contributed by atoms with Crippen molar-refractivity contribution in [1.82, 2.24) is 9.78 Å². The standard InChI is InChI=1S/C26H41N3O4Si2/c1-8-21-15-23(33-20-32-12-14-35(5,6)7)9-10-24(21)26-16-25-22(18-29(26)30)17-27-28(25)19-31-11-13-34(2,3)4/h9-10,15-18H,8,11-14,19-20H2,1-7H3. The normalized spacial score (nSPS) is 12.4. The molecule has 0 atom stereocenters. The summed E-state index contributed by atoms with van der Waals surface area (Å²) in [6.07, 6.45) is 4.09. The van der Waals surface area contributed by atoms with Crippen LogP contribution in [0.25, 0.3) is 22.2 Å². The first-order chi connectivity index (χ1) is 16.5. The third kappa shape index (κ3) is 8.16. The number of fused-ring (bicyclic) bond motifs is 1. The Balaban J connectivity index is 1.74.